The van der Waals surface area contributed by atoms with Gasteiger partial charge in [0.2, 0.25) is 0 Å². The molecule has 0 bridgehead atoms. The van der Waals surface area contributed by atoms with E-state index < -0.39 is 5.97 Å². The highest BCUT2D eigenvalue weighted by Crippen LogP contribution is 2.31. The van der Waals surface area contributed by atoms with Crippen molar-refractivity contribution in [1.29, 1.82) is 0 Å². The third-order valence-corrected chi connectivity index (χ3v) is 3.54. The van der Waals surface area contributed by atoms with Gasteiger partial charge in [-0.3, -0.25) is 4.79 Å². The summed E-state index contributed by atoms with van der Waals surface area (Å²) in [7, 11) is 0. The maximum absolute atomic E-state index is 11.2. The Bertz CT molecular complexity index is 584. The number of rotatable bonds is 3. The largest absolute Gasteiger partial charge is 0.478 e. The van der Waals surface area contributed by atoms with E-state index in [1.807, 2.05) is 6.07 Å². The third-order valence-electron chi connectivity index (χ3n) is 2.50. The van der Waals surface area contributed by atoms with Gasteiger partial charge in [-0.05, 0) is 24.6 Å². The average molecular weight is 246 g/mol. The summed E-state index contributed by atoms with van der Waals surface area (Å²) >= 11 is 1.29. The zero-order chi connectivity index (χ0) is 12.4. The van der Waals surface area contributed by atoms with Crippen LogP contribution in [0.5, 0.6) is 0 Å². The zero-order valence-electron chi connectivity index (χ0n) is 9.14. The van der Waals surface area contributed by atoms with Crippen LogP contribution in [0.3, 0.4) is 0 Å². The first-order valence-electron chi connectivity index (χ1n) is 5.02. The maximum Gasteiger partial charge on any atom is 0.336 e. The van der Waals surface area contributed by atoms with Crippen LogP contribution in [-0.4, -0.2) is 17.4 Å². The molecule has 3 nitrogen and oxygen atoms in total. The molecular weight excluding hydrogens is 236 g/mol. The van der Waals surface area contributed by atoms with Gasteiger partial charge in [-0.25, -0.2) is 4.79 Å². The second-order valence-corrected chi connectivity index (χ2v) is 4.74. The number of benzene rings is 1. The topological polar surface area (TPSA) is 54.4 Å². The quantitative estimate of drug-likeness (QED) is 0.846. The Morgan fingerprint density at radius 3 is 2.65 bits per heavy atom. The van der Waals surface area contributed by atoms with E-state index in [1.165, 1.54) is 11.3 Å². The van der Waals surface area contributed by atoms with Crippen LogP contribution in [0.4, 0.5) is 0 Å². The summed E-state index contributed by atoms with van der Waals surface area (Å²) in [5.74, 6) is -0.945. The fourth-order valence-electron chi connectivity index (χ4n) is 1.72. The Morgan fingerprint density at radius 2 is 2.06 bits per heavy atom. The number of hydrogen-bond donors (Lipinski definition) is 1. The summed E-state index contributed by atoms with van der Waals surface area (Å²) in [6, 6.07) is 8.81. The van der Waals surface area contributed by atoms with Crippen LogP contribution in [0.25, 0.3) is 10.4 Å². The molecular formula is C13H10O3S. The molecule has 0 aliphatic heterocycles. The highest BCUT2D eigenvalue weighted by atomic mass is 32.1. The molecule has 0 atom stereocenters. The molecule has 0 aliphatic rings. The number of thiophene rings is 1. The third kappa shape index (κ3) is 2.12. The Hall–Kier alpha value is -1.94. The molecule has 0 amide bonds. The van der Waals surface area contributed by atoms with E-state index in [-0.39, 0.29) is 0 Å². The van der Waals surface area contributed by atoms with Gasteiger partial charge in [-0.1, -0.05) is 18.2 Å². The standard InChI is InChI=1S/C13H10O3S/c1-8-3-2-4-10(12(8)13(15)16)11-6-5-9(7-14)17-11/h2-7H,1H3,(H,15,16). The van der Waals surface area contributed by atoms with Gasteiger partial charge in [0.05, 0.1) is 10.4 Å². The van der Waals surface area contributed by atoms with Crippen molar-refractivity contribution in [2.24, 2.45) is 0 Å². The van der Waals surface area contributed by atoms with Gasteiger partial charge in [0.25, 0.3) is 0 Å². The van der Waals surface area contributed by atoms with Crippen LogP contribution < -0.4 is 0 Å². The van der Waals surface area contributed by atoms with E-state index in [2.05, 4.69) is 0 Å². The molecule has 2 aromatic rings. The smallest absolute Gasteiger partial charge is 0.336 e. The van der Waals surface area contributed by atoms with Gasteiger partial charge >= 0.3 is 5.97 Å². The summed E-state index contributed by atoms with van der Waals surface area (Å²) in [6.45, 7) is 1.77. The highest BCUT2D eigenvalue weighted by Gasteiger charge is 2.15. The van der Waals surface area contributed by atoms with Crippen molar-refractivity contribution in [1.82, 2.24) is 0 Å². The molecule has 1 aromatic carbocycles. The van der Waals surface area contributed by atoms with E-state index in [0.29, 0.717) is 16.0 Å². The van der Waals surface area contributed by atoms with Gasteiger partial charge < -0.3 is 5.11 Å². The lowest BCUT2D eigenvalue weighted by atomic mass is 10.0. The second-order valence-electron chi connectivity index (χ2n) is 3.62. The van der Waals surface area contributed by atoms with Crippen molar-refractivity contribution >= 4 is 23.6 Å². The molecule has 17 heavy (non-hydrogen) atoms. The first kappa shape index (κ1) is 11.5. The monoisotopic (exact) mass is 246 g/mol. The minimum Gasteiger partial charge on any atom is -0.478 e. The van der Waals surface area contributed by atoms with E-state index in [4.69, 9.17) is 0 Å². The lowest BCUT2D eigenvalue weighted by Crippen LogP contribution is -2.01. The molecule has 0 aliphatic carbocycles. The molecule has 0 radical (unpaired) electrons. The van der Waals surface area contributed by atoms with Crippen molar-refractivity contribution in [3.63, 3.8) is 0 Å². The number of aldehydes is 1. The van der Waals surface area contributed by atoms with Crippen molar-refractivity contribution in [3.8, 4) is 10.4 Å². The number of aromatic carboxylic acids is 1. The maximum atomic E-state index is 11.2. The van der Waals surface area contributed by atoms with Crippen LogP contribution in [-0.2, 0) is 0 Å². The fraction of sp³-hybridized carbons (Fsp3) is 0.0769. The van der Waals surface area contributed by atoms with Gasteiger partial charge in [-0.15, -0.1) is 11.3 Å². The van der Waals surface area contributed by atoms with Crippen LogP contribution in [0.2, 0.25) is 0 Å². The lowest BCUT2D eigenvalue weighted by Gasteiger charge is -2.06. The first-order valence-corrected chi connectivity index (χ1v) is 5.83. The summed E-state index contributed by atoms with van der Waals surface area (Å²) < 4.78 is 0. The number of carboxylic acids is 1. The molecule has 4 heteroatoms. The average Bonchev–Trinajstić information content (AvgIpc) is 2.76. The van der Waals surface area contributed by atoms with E-state index in [9.17, 15) is 14.7 Å². The van der Waals surface area contributed by atoms with Crippen LogP contribution in [0, 0.1) is 6.92 Å². The van der Waals surface area contributed by atoms with Crippen LogP contribution in [0.15, 0.2) is 30.3 Å². The molecule has 0 saturated heterocycles. The Kier molecular flexibility index (Phi) is 3.06. The van der Waals surface area contributed by atoms with E-state index in [0.717, 1.165) is 16.7 Å². The summed E-state index contributed by atoms with van der Waals surface area (Å²) in [5.41, 5.74) is 1.68. The molecule has 1 heterocycles. The lowest BCUT2D eigenvalue weighted by molar-refractivity contribution is 0.0697. The Balaban J connectivity index is 2.62. The molecule has 0 spiro atoms. The van der Waals surface area contributed by atoms with Gasteiger partial charge in [0, 0.05) is 10.4 Å². The van der Waals surface area contributed by atoms with Gasteiger partial charge in [0.15, 0.2) is 6.29 Å². The van der Waals surface area contributed by atoms with E-state index >= 15 is 0 Å². The number of carboxylic acid groups (broad SMARTS) is 1. The molecule has 2 rings (SSSR count). The van der Waals surface area contributed by atoms with Crippen LogP contribution in [0.1, 0.15) is 25.6 Å². The SMILES string of the molecule is Cc1cccc(-c2ccc(C=O)s2)c1C(=O)O. The number of aryl methyl sites for hydroxylation is 1. The molecule has 0 saturated carbocycles. The van der Waals surface area contributed by atoms with Crippen molar-refractivity contribution in [3.05, 3.63) is 46.3 Å². The summed E-state index contributed by atoms with van der Waals surface area (Å²) in [5, 5.41) is 9.21. The summed E-state index contributed by atoms with van der Waals surface area (Å²) in [4.78, 5) is 23.3. The predicted octanol–water partition coefficient (Wildman–Crippen LogP) is 3.23. The molecule has 0 unspecified atom stereocenters. The normalized spacial score (nSPS) is 10.2. The Morgan fingerprint density at radius 1 is 1.29 bits per heavy atom. The molecule has 0 fully saturated rings. The van der Waals surface area contributed by atoms with Gasteiger partial charge in [0.1, 0.15) is 0 Å². The number of hydrogen-bond acceptors (Lipinski definition) is 3. The fourth-order valence-corrected chi connectivity index (χ4v) is 2.57. The number of carbonyl (C=O) groups is 2. The Labute approximate surface area is 102 Å². The minimum atomic E-state index is -0.945. The highest BCUT2D eigenvalue weighted by molar-refractivity contribution is 7.17. The molecule has 1 aromatic heterocycles. The van der Waals surface area contributed by atoms with Crippen molar-refractivity contribution in [2.75, 3.05) is 0 Å². The summed E-state index contributed by atoms with van der Waals surface area (Å²) in [6.07, 6.45) is 0.768. The molecule has 86 valence electrons. The van der Waals surface area contributed by atoms with Gasteiger partial charge in [-0.2, -0.15) is 0 Å². The zero-order valence-corrected chi connectivity index (χ0v) is 9.95. The second kappa shape index (κ2) is 4.51. The van der Waals surface area contributed by atoms with E-state index in [1.54, 1.807) is 31.2 Å². The minimum absolute atomic E-state index is 0.298. The first-order chi connectivity index (χ1) is 8.13. The molecule has 1 N–H and O–H groups in total. The van der Waals surface area contributed by atoms with Crippen molar-refractivity contribution in [2.45, 2.75) is 6.92 Å². The predicted molar refractivity (Wildman–Crippen MR) is 66.8 cm³/mol. The van der Waals surface area contributed by atoms with Crippen molar-refractivity contribution < 1.29 is 14.7 Å². The number of carbonyl (C=O) groups excluding carboxylic acids is 1. The van der Waals surface area contributed by atoms with Crippen LogP contribution >= 0.6 is 11.3 Å².